The molecule has 1 atom stereocenters. The molecular weight excluding hydrogens is 371 g/mol. The standard InChI is InChI=1S/C22H23N2O3P/c25-28(26-20-11-3-1-4-12-20,27-21-13-5-2-6-14-21)24-17-8-7-15-22(24)19-10-9-16-23-18-19/h1-6,9-14,16,18,22H,7-8,15,17H2/t22-/m1/s1. The third kappa shape index (κ3) is 4.27. The molecule has 3 aromatic rings. The molecule has 0 N–H and O–H groups in total. The van der Waals surface area contributed by atoms with Gasteiger partial charge in [-0.25, -0.2) is 4.57 Å². The van der Waals surface area contributed by atoms with E-state index in [2.05, 4.69) is 4.98 Å². The predicted molar refractivity (Wildman–Crippen MR) is 109 cm³/mol. The third-order valence-electron chi connectivity index (χ3n) is 4.79. The summed E-state index contributed by atoms with van der Waals surface area (Å²) in [4.78, 5) is 4.25. The zero-order valence-corrected chi connectivity index (χ0v) is 16.4. The molecule has 1 aromatic heterocycles. The second-order valence-electron chi connectivity index (χ2n) is 6.74. The van der Waals surface area contributed by atoms with Gasteiger partial charge in [0.25, 0.3) is 0 Å². The Morgan fingerprint density at radius 2 is 1.50 bits per heavy atom. The van der Waals surface area contributed by atoms with E-state index in [9.17, 15) is 4.57 Å². The van der Waals surface area contributed by atoms with E-state index in [0.29, 0.717) is 18.0 Å². The number of hydrogen-bond acceptors (Lipinski definition) is 4. The van der Waals surface area contributed by atoms with Gasteiger partial charge in [-0.15, -0.1) is 0 Å². The van der Waals surface area contributed by atoms with Crippen molar-refractivity contribution in [3.05, 3.63) is 90.8 Å². The molecule has 1 aliphatic heterocycles. The molecule has 2 heterocycles. The van der Waals surface area contributed by atoms with Crippen molar-refractivity contribution in [3.8, 4) is 11.5 Å². The fourth-order valence-electron chi connectivity index (χ4n) is 3.47. The quantitative estimate of drug-likeness (QED) is 0.489. The fraction of sp³-hybridized carbons (Fsp3) is 0.227. The van der Waals surface area contributed by atoms with Crippen LogP contribution in [0.3, 0.4) is 0 Å². The molecule has 0 saturated carbocycles. The molecule has 4 rings (SSSR count). The molecule has 1 aliphatic rings. The summed E-state index contributed by atoms with van der Waals surface area (Å²) in [6.45, 7) is 0.635. The average Bonchev–Trinajstić information content (AvgIpc) is 2.76. The largest absolute Gasteiger partial charge is 0.516 e. The van der Waals surface area contributed by atoms with E-state index in [1.165, 1.54) is 0 Å². The molecule has 5 nitrogen and oxygen atoms in total. The first-order valence-corrected chi connectivity index (χ1v) is 11.0. The monoisotopic (exact) mass is 394 g/mol. The SMILES string of the molecule is O=P(Oc1ccccc1)(Oc1ccccc1)N1CCCC[C@@H]1c1cccnc1. The van der Waals surface area contributed by atoms with Gasteiger partial charge in [-0.05, 0) is 48.7 Å². The first-order valence-electron chi connectivity index (χ1n) is 9.51. The van der Waals surface area contributed by atoms with Crippen LogP contribution in [0.1, 0.15) is 30.9 Å². The van der Waals surface area contributed by atoms with Crippen LogP contribution in [0.4, 0.5) is 0 Å². The molecule has 28 heavy (non-hydrogen) atoms. The minimum atomic E-state index is -3.65. The first kappa shape index (κ1) is 18.7. The molecule has 0 bridgehead atoms. The van der Waals surface area contributed by atoms with Gasteiger partial charge < -0.3 is 9.05 Å². The van der Waals surface area contributed by atoms with Gasteiger partial charge in [0.2, 0.25) is 0 Å². The molecule has 0 aliphatic carbocycles. The van der Waals surface area contributed by atoms with Crippen LogP contribution >= 0.6 is 7.75 Å². The minimum Gasteiger partial charge on any atom is -0.404 e. The van der Waals surface area contributed by atoms with Crippen LogP contribution < -0.4 is 9.05 Å². The number of benzene rings is 2. The second kappa shape index (κ2) is 8.59. The number of para-hydroxylation sites is 2. The van der Waals surface area contributed by atoms with Crippen LogP contribution in [0, 0.1) is 0 Å². The van der Waals surface area contributed by atoms with E-state index in [1.54, 1.807) is 30.5 Å². The number of rotatable bonds is 6. The van der Waals surface area contributed by atoms with Crippen molar-refractivity contribution < 1.29 is 13.6 Å². The fourth-order valence-corrected chi connectivity index (χ4v) is 5.47. The second-order valence-corrected chi connectivity index (χ2v) is 8.55. The molecule has 2 aromatic carbocycles. The van der Waals surface area contributed by atoms with Crippen LogP contribution in [-0.2, 0) is 4.57 Å². The Bertz CT molecular complexity index is 877. The van der Waals surface area contributed by atoms with Gasteiger partial charge in [-0.3, -0.25) is 4.98 Å². The van der Waals surface area contributed by atoms with Gasteiger partial charge in [0.05, 0.1) is 0 Å². The van der Waals surface area contributed by atoms with Crippen molar-refractivity contribution in [2.75, 3.05) is 6.54 Å². The molecule has 144 valence electrons. The van der Waals surface area contributed by atoms with Crippen LogP contribution in [0.5, 0.6) is 11.5 Å². The maximum atomic E-state index is 14.2. The van der Waals surface area contributed by atoms with Crippen LogP contribution in [-0.4, -0.2) is 16.2 Å². The summed E-state index contributed by atoms with van der Waals surface area (Å²) in [5, 5.41) is 0. The minimum absolute atomic E-state index is 0.0688. The maximum absolute atomic E-state index is 14.2. The Labute approximate surface area is 165 Å². The average molecular weight is 394 g/mol. The molecular formula is C22H23N2O3P. The van der Waals surface area contributed by atoms with E-state index < -0.39 is 7.75 Å². The molecule has 1 saturated heterocycles. The van der Waals surface area contributed by atoms with Crippen molar-refractivity contribution in [3.63, 3.8) is 0 Å². The summed E-state index contributed by atoms with van der Waals surface area (Å²) >= 11 is 0. The number of pyridine rings is 1. The summed E-state index contributed by atoms with van der Waals surface area (Å²) in [5.41, 5.74) is 1.02. The molecule has 1 fully saturated rings. The summed E-state index contributed by atoms with van der Waals surface area (Å²) in [6, 6.07) is 22.3. The highest BCUT2D eigenvalue weighted by Crippen LogP contribution is 2.57. The van der Waals surface area contributed by atoms with Gasteiger partial charge in [0.15, 0.2) is 0 Å². The lowest BCUT2D eigenvalue weighted by Crippen LogP contribution is -2.34. The Kier molecular flexibility index (Phi) is 5.75. The lowest BCUT2D eigenvalue weighted by atomic mass is 9.99. The van der Waals surface area contributed by atoms with Gasteiger partial charge in [-0.1, -0.05) is 48.9 Å². The van der Waals surface area contributed by atoms with Gasteiger partial charge in [0, 0.05) is 25.0 Å². The molecule has 0 amide bonds. The van der Waals surface area contributed by atoms with Crippen molar-refractivity contribution >= 4 is 7.75 Å². The Morgan fingerprint density at radius 3 is 2.07 bits per heavy atom. The highest BCUT2D eigenvalue weighted by Gasteiger charge is 2.43. The van der Waals surface area contributed by atoms with Gasteiger partial charge in [0.1, 0.15) is 11.5 Å². The normalized spacial score (nSPS) is 17.8. The molecule has 6 heteroatoms. The molecule has 0 spiro atoms. The number of hydrogen-bond donors (Lipinski definition) is 0. The van der Waals surface area contributed by atoms with E-state index >= 15 is 0 Å². The van der Waals surface area contributed by atoms with Crippen molar-refractivity contribution in [2.45, 2.75) is 25.3 Å². The number of nitrogens with zero attached hydrogens (tertiary/aromatic N) is 2. The zero-order valence-electron chi connectivity index (χ0n) is 15.6. The van der Waals surface area contributed by atoms with Crippen molar-refractivity contribution in [2.24, 2.45) is 0 Å². The van der Waals surface area contributed by atoms with Crippen molar-refractivity contribution in [1.29, 1.82) is 0 Å². The Hall–Kier alpha value is -2.62. The lowest BCUT2D eigenvalue weighted by Gasteiger charge is -2.38. The van der Waals surface area contributed by atoms with E-state index in [1.807, 2.05) is 59.4 Å². The van der Waals surface area contributed by atoms with E-state index in [-0.39, 0.29) is 6.04 Å². The highest BCUT2D eigenvalue weighted by molar-refractivity contribution is 7.52. The summed E-state index contributed by atoms with van der Waals surface area (Å²) in [6.07, 6.45) is 6.46. The van der Waals surface area contributed by atoms with Crippen LogP contribution in [0.25, 0.3) is 0 Å². The van der Waals surface area contributed by atoms with Crippen molar-refractivity contribution in [1.82, 2.24) is 9.65 Å². The van der Waals surface area contributed by atoms with Gasteiger partial charge in [-0.2, -0.15) is 4.67 Å². The third-order valence-corrected chi connectivity index (χ3v) is 6.78. The van der Waals surface area contributed by atoms with E-state index in [0.717, 1.165) is 24.8 Å². The number of piperidine rings is 1. The Morgan fingerprint density at radius 1 is 0.857 bits per heavy atom. The Balaban J connectivity index is 1.71. The topological polar surface area (TPSA) is 51.7 Å². The zero-order chi connectivity index (χ0) is 19.2. The summed E-state index contributed by atoms with van der Waals surface area (Å²) < 4.78 is 28.1. The first-order chi connectivity index (χ1) is 13.7. The summed E-state index contributed by atoms with van der Waals surface area (Å²) in [5.74, 6) is 1.05. The van der Waals surface area contributed by atoms with Gasteiger partial charge >= 0.3 is 7.75 Å². The van der Waals surface area contributed by atoms with Crippen LogP contribution in [0.2, 0.25) is 0 Å². The van der Waals surface area contributed by atoms with Crippen LogP contribution in [0.15, 0.2) is 85.2 Å². The lowest BCUT2D eigenvalue weighted by molar-refractivity contribution is 0.197. The molecule has 0 unspecified atom stereocenters. The maximum Gasteiger partial charge on any atom is 0.516 e. The smallest absolute Gasteiger partial charge is 0.404 e. The summed E-state index contributed by atoms with van der Waals surface area (Å²) in [7, 11) is -3.65. The highest BCUT2D eigenvalue weighted by atomic mass is 31.2. The molecule has 0 radical (unpaired) electrons. The number of aromatic nitrogens is 1. The predicted octanol–water partition coefficient (Wildman–Crippen LogP) is 5.87. The van der Waals surface area contributed by atoms with E-state index in [4.69, 9.17) is 9.05 Å².